The first-order chi connectivity index (χ1) is 10.0. The molecule has 0 spiro atoms. The monoisotopic (exact) mass is 286 g/mol. The molecule has 1 unspecified atom stereocenters. The van der Waals surface area contributed by atoms with E-state index in [1.165, 1.54) is 25.3 Å². The number of halogens is 1. The number of benzene rings is 2. The Balaban J connectivity index is 2.22. The first-order valence-corrected chi connectivity index (χ1v) is 6.38. The number of ether oxygens (including phenoxy) is 1. The summed E-state index contributed by atoms with van der Waals surface area (Å²) in [4.78, 5) is 0. The van der Waals surface area contributed by atoms with E-state index in [0.717, 1.165) is 0 Å². The van der Waals surface area contributed by atoms with Gasteiger partial charge in [-0.15, -0.1) is 0 Å². The van der Waals surface area contributed by atoms with Crippen molar-refractivity contribution in [3.05, 3.63) is 53.3 Å². The van der Waals surface area contributed by atoms with Gasteiger partial charge in [0.15, 0.2) is 0 Å². The van der Waals surface area contributed by atoms with Gasteiger partial charge in [-0.1, -0.05) is 0 Å². The van der Waals surface area contributed by atoms with Crippen LogP contribution in [0.5, 0.6) is 11.5 Å². The summed E-state index contributed by atoms with van der Waals surface area (Å²) in [6.07, 6.45) is 0. The Morgan fingerprint density at radius 2 is 2.05 bits per heavy atom. The maximum Gasteiger partial charge on any atom is 0.141 e. The summed E-state index contributed by atoms with van der Waals surface area (Å²) < 4.78 is 18.3. The van der Waals surface area contributed by atoms with Crippen LogP contribution in [0.15, 0.2) is 36.4 Å². The summed E-state index contributed by atoms with van der Waals surface area (Å²) in [5.41, 5.74) is 1.26. The lowest BCUT2D eigenvalue weighted by molar-refractivity contribution is 0.406. The average Bonchev–Trinajstić information content (AvgIpc) is 2.48. The van der Waals surface area contributed by atoms with Gasteiger partial charge in [0.05, 0.1) is 18.7 Å². The van der Waals surface area contributed by atoms with Gasteiger partial charge in [-0.05, 0) is 37.3 Å². The Labute approximate surface area is 122 Å². The van der Waals surface area contributed by atoms with Crippen LogP contribution in [0.4, 0.5) is 10.1 Å². The Kier molecular flexibility index (Phi) is 4.29. The SMILES string of the molecule is COc1ccc(C(C)Nc2ccc(F)c(C#N)c2)c(O)c1. The predicted molar refractivity (Wildman–Crippen MR) is 77.8 cm³/mol. The molecule has 0 aliphatic carbocycles. The quantitative estimate of drug-likeness (QED) is 0.901. The highest BCUT2D eigenvalue weighted by Gasteiger charge is 2.12. The third-order valence-corrected chi connectivity index (χ3v) is 3.17. The Hall–Kier alpha value is -2.74. The minimum atomic E-state index is -0.553. The highest BCUT2D eigenvalue weighted by molar-refractivity contribution is 5.52. The zero-order valence-electron chi connectivity index (χ0n) is 11.7. The van der Waals surface area contributed by atoms with Crippen LogP contribution in [0, 0.1) is 17.1 Å². The van der Waals surface area contributed by atoms with Crippen LogP contribution >= 0.6 is 0 Å². The highest BCUT2D eigenvalue weighted by atomic mass is 19.1. The molecule has 0 heterocycles. The van der Waals surface area contributed by atoms with Crippen molar-refractivity contribution in [2.24, 2.45) is 0 Å². The normalized spacial score (nSPS) is 11.5. The van der Waals surface area contributed by atoms with Crippen LogP contribution < -0.4 is 10.1 Å². The molecular formula is C16H15FN2O2. The van der Waals surface area contributed by atoms with Crippen molar-refractivity contribution in [3.8, 4) is 17.6 Å². The minimum absolute atomic E-state index is 0.0221. The van der Waals surface area contributed by atoms with Gasteiger partial charge in [0.1, 0.15) is 23.4 Å². The van der Waals surface area contributed by atoms with Gasteiger partial charge in [-0.3, -0.25) is 0 Å². The highest BCUT2D eigenvalue weighted by Crippen LogP contribution is 2.30. The Bertz CT molecular complexity index is 695. The predicted octanol–water partition coefficient (Wildman–Crippen LogP) is 3.58. The topological polar surface area (TPSA) is 65.3 Å². The van der Waals surface area contributed by atoms with Crippen molar-refractivity contribution >= 4 is 5.69 Å². The second-order valence-corrected chi connectivity index (χ2v) is 4.60. The molecule has 0 aliphatic heterocycles. The number of rotatable bonds is 4. The lowest BCUT2D eigenvalue weighted by Crippen LogP contribution is -2.07. The van der Waals surface area contributed by atoms with Crippen LogP contribution in [0.25, 0.3) is 0 Å². The zero-order chi connectivity index (χ0) is 15.4. The molecule has 108 valence electrons. The van der Waals surface area contributed by atoms with Crippen molar-refractivity contribution in [3.63, 3.8) is 0 Å². The number of nitrogens with one attached hydrogen (secondary N) is 1. The van der Waals surface area contributed by atoms with E-state index in [4.69, 9.17) is 10.00 Å². The second-order valence-electron chi connectivity index (χ2n) is 4.60. The number of phenols is 1. The molecule has 0 amide bonds. The Morgan fingerprint density at radius 1 is 1.29 bits per heavy atom. The fourth-order valence-corrected chi connectivity index (χ4v) is 2.05. The lowest BCUT2D eigenvalue weighted by Gasteiger charge is -2.17. The third kappa shape index (κ3) is 3.23. The molecule has 21 heavy (non-hydrogen) atoms. The molecule has 2 aromatic rings. The van der Waals surface area contributed by atoms with E-state index in [9.17, 15) is 9.50 Å². The molecule has 0 bridgehead atoms. The summed E-state index contributed by atoms with van der Waals surface area (Å²) >= 11 is 0. The maximum absolute atomic E-state index is 13.3. The summed E-state index contributed by atoms with van der Waals surface area (Å²) in [5, 5.41) is 21.9. The van der Waals surface area contributed by atoms with E-state index in [1.807, 2.05) is 6.92 Å². The summed E-state index contributed by atoms with van der Waals surface area (Å²) in [6.45, 7) is 1.86. The summed E-state index contributed by atoms with van der Waals surface area (Å²) in [5.74, 6) is 0.122. The van der Waals surface area contributed by atoms with Gasteiger partial charge in [0.25, 0.3) is 0 Å². The van der Waals surface area contributed by atoms with Crippen LogP contribution in [0.3, 0.4) is 0 Å². The Morgan fingerprint density at radius 3 is 2.67 bits per heavy atom. The van der Waals surface area contributed by atoms with Crippen LogP contribution in [-0.2, 0) is 0 Å². The van der Waals surface area contributed by atoms with E-state index < -0.39 is 5.82 Å². The summed E-state index contributed by atoms with van der Waals surface area (Å²) in [7, 11) is 1.53. The van der Waals surface area contributed by atoms with Gasteiger partial charge >= 0.3 is 0 Å². The van der Waals surface area contributed by atoms with Gasteiger partial charge < -0.3 is 15.2 Å². The van der Waals surface area contributed by atoms with Crippen molar-refractivity contribution in [1.82, 2.24) is 0 Å². The van der Waals surface area contributed by atoms with Gasteiger partial charge in [-0.25, -0.2) is 4.39 Å². The second kappa shape index (κ2) is 6.14. The molecule has 4 nitrogen and oxygen atoms in total. The first-order valence-electron chi connectivity index (χ1n) is 6.38. The molecule has 0 aliphatic rings. The molecule has 5 heteroatoms. The lowest BCUT2D eigenvalue weighted by atomic mass is 10.1. The van der Waals surface area contributed by atoms with E-state index >= 15 is 0 Å². The number of hydrogen-bond donors (Lipinski definition) is 2. The minimum Gasteiger partial charge on any atom is -0.507 e. The molecule has 2 N–H and O–H groups in total. The molecular weight excluding hydrogens is 271 g/mol. The molecule has 0 saturated heterocycles. The van der Waals surface area contributed by atoms with Crippen LogP contribution in [0.1, 0.15) is 24.1 Å². The largest absolute Gasteiger partial charge is 0.507 e. The van der Waals surface area contributed by atoms with Crippen molar-refractivity contribution < 1.29 is 14.2 Å². The van der Waals surface area contributed by atoms with E-state index in [2.05, 4.69) is 5.32 Å². The number of aromatic hydroxyl groups is 1. The molecule has 1 atom stereocenters. The van der Waals surface area contributed by atoms with E-state index in [-0.39, 0.29) is 17.4 Å². The number of methoxy groups -OCH3 is 1. The number of hydrogen-bond acceptors (Lipinski definition) is 4. The van der Waals surface area contributed by atoms with Crippen LogP contribution in [0.2, 0.25) is 0 Å². The molecule has 0 radical (unpaired) electrons. The van der Waals surface area contributed by atoms with Crippen molar-refractivity contribution in [1.29, 1.82) is 5.26 Å². The molecule has 0 aromatic heterocycles. The van der Waals surface area contributed by atoms with E-state index in [1.54, 1.807) is 24.3 Å². The number of nitriles is 1. The van der Waals surface area contributed by atoms with Crippen molar-refractivity contribution in [2.75, 3.05) is 12.4 Å². The van der Waals surface area contributed by atoms with Crippen LogP contribution in [-0.4, -0.2) is 12.2 Å². The molecule has 2 rings (SSSR count). The molecule has 0 fully saturated rings. The van der Waals surface area contributed by atoms with Crippen molar-refractivity contribution in [2.45, 2.75) is 13.0 Å². The standard InChI is InChI=1S/C16H15FN2O2/c1-10(14-5-4-13(21-2)8-16(14)20)19-12-3-6-15(17)11(7-12)9-18/h3-8,10,19-20H,1-2H3. The molecule has 2 aromatic carbocycles. The van der Waals surface area contributed by atoms with E-state index in [0.29, 0.717) is 17.0 Å². The summed E-state index contributed by atoms with van der Waals surface area (Å²) in [6, 6.07) is 10.8. The number of nitrogens with zero attached hydrogens (tertiary/aromatic N) is 1. The third-order valence-electron chi connectivity index (χ3n) is 3.17. The average molecular weight is 286 g/mol. The van der Waals surface area contributed by atoms with Gasteiger partial charge in [0, 0.05) is 17.3 Å². The number of anilines is 1. The van der Waals surface area contributed by atoms with Gasteiger partial charge in [0.2, 0.25) is 0 Å². The first kappa shape index (κ1) is 14.7. The van der Waals surface area contributed by atoms with Gasteiger partial charge in [-0.2, -0.15) is 5.26 Å². The maximum atomic E-state index is 13.3. The fraction of sp³-hybridized carbons (Fsp3) is 0.188. The number of phenolic OH excluding ortho intramolecular Hbond substituents is 1. The zero-order valence-corrected chi connectivity index (χ0v) is 11.7. The smallest absolute Gasteiger partial charge is 0.141 e. The fourth-order valence-electron chi connectivity index (χ4n) is 2.05. The molecule has 0 saturated carbocycles.